The molecule has 0 aliphatic heterocycles. The van der Waals surface area contributed by atoms with Gasteiger partial charge >= 0.3 is 5.97 Å². The van der Waals surface area contributed by atoms with Gasteiger partial charge in [-0.3, -0.25) is 4.79 Å². The molecule has 2 heterocycles. The molecule has 0 radical (unpaired) electrons. The molecule has 0 saturated carbocycles. The first-order valence-corrected chi connectivity index (χ1v) is 10.0. The van der Waals surface area contributed by atoms with E-state index in [1.807, 2.05) is 24.3 Å². The predicted octanol–water partition coefficient (Wildman–Crippen LogP) is 5.13. The number of aromatic nitrogens is 1. The first kappa shape index (κ1) is 21.4. The number of hydrogen-bond donors (Lipinski definition) is 2. The number of carbonyl (C=O) groups is 2. The maximum absolute atomic E-state index is 13.2. The van der Waals surface area contributed by atoms with Crippen molar-refractivity contribution >= 4 is 40.2 Å². The van der Waals surface area contributed by atoms with Gasteiger partial charge in [-0.2, -0.15) is 0 Å². The van der Waals surface area contributed by atoms with Crippen LogP contribution in [-0.4, -0.2) is 29.0 Å². The highest BCUT2D eigenvalue weighted by molar-refractivity contribution is 6.33. The van der Waals surface area contributed by atoms with Crippen molar-refractivity contribution < 1.29 is 23.8 Å². The van der Waals surface area contributed by atoms with E-state index < -0.39 is 11.5 Å². The van der Waals surface area contributed by atoms with Crippen LogP contribution in [0.2, 0.25) is 5.02 Å². The second-order valence-electron chi connectivity index (χ2n) is 7.17. The van der Waals surface area contributed by atoms with Crippen molar-refractivity contribution in [2.24, 2.45) is 0 Å². The SMILES string of the molecule is COc1ccc(C(Nc2cc3ccccc3o2)(C(C)=O)c2ccc(C(=O)O)c(Cl)c2)cn1. The van der Waals surface area contributed by atoms with Crippen LogP contribution in [0.15, 0.2) is 71.3 Å². The lowest BCUT2D eigenvalue weighted by molar-refractivity contribution is -0.120. The van der Waals surface area contributed by atoms with Crippen LogP contribution < -0.4 is 10.1 Å². The summed E-state index contributed by atoms with van der Waals surface area (Å²) in [4.78, 5) is 28.9. The van der Waals surface area contributed by atoms with Crippen molar-refractivity contribution in [3.05, 3.63) is 88.6 Å². The molecule has 162 valence electrons. The second-order valence-corrected chi connectivity index (χ2v) is 7.58. The Balaban J connectivity index is 1.93. The maximum Gasteiger partial charge on any atom is 0.337 e. The number of para-hydroxylation sites is 1. The van der Waals surface area contributed by atoms with E-state index >= 15 is 0 Å². The molecule has 2 aromatic carbocycles. The molecule has 0 fully saturated rings. The Morgan fingerprint density at radius 1 is 1.09 bits per heavy atom. The van der Waals surface area contributed by atoms with Gasteiger partial charge in [0.2, 0.25) is 5.88 Å². The number of methoxy groups -OCH3 is 1. The fourth-order valence-electron chi connectivity index (χ4n) is 3.68. The summed E-state index contributed by atoms with van der Waals surface area (Å²) in [5.74, 6) is -0.694. The number of carboxylic acids is 1. The summed E-state index contributed by atoms with van der Waals surface area (Å²) >= 11 is 6.26. The molecular weight excluding hydrogens is 432 g/mol. The number of carboxylic acid groups (broad SMARTS) is 1. The lowest BCUT2D eigenvalue weighted by Gasteiger charge is -2.33. The summed E-state index contributed by atoms with van der Waals surface area (Å²) in [5, 5.41) is 13.4. The van der Waals surface area contributed by atoms with Crippen LogP contribution in [0.5, 0.6) is 5.88 Å². The van der Waals surface area contributed by atoms with Crippen molar-refractivity contribution in [3.63, 3.8) is 0 Å². The van der Waals surface area contributed by atoms with Gasteiger partial charge in [0, 0.05) is 29.3 Å². The van der Waals surface area contributed by atoms with Crippen molar-refractivity contribution in [3.8, 4) is 5.88 Å². The van der Waals surface area contributed by atoms with Gasteiger partial charge in [0.05, 0.1) is 17.7 Å². The highest BCUT2D eigenvalue weighted by Gasteiger charge is 2.41. The van der Waals surface area contributed by atoms with E-state index in [0.29, 0.717) is 28.5 Å². The number of Topliss-reactive ketones (excluding diaryl/α,β-unsaturated/α-hetero) is 1. The van der Waals surface area contributed by atoms with Crippen LogP contribution >= 0.6 is 11.6 Å². The number of furan rings is 1. The Bertz CT molecular complexity index is 1280. The third-order valence-electron chi connectivity index (χ3n) is 5.28. The molecule has 4 aromatic rings. The molecule has 4 rings (SSSR count). The Morgan fingerprint density at radius 3 is 2.44 bits per heavy atom. The lowest BCUT2D eigenvalue weighted by Crippen LogP contribution is -2.43. The van der Waals surface area contributed by atoms with Gasteiger partial charge in [0.25, 0.3) is 0 Å². The van der Waals surface area contributed by atoms with Crippen molar-refractivity contribution in [2.75, 3.05) is 12.4 Å². The predicted molar refractivity (Wildman–Crippen MR) is 120 cm³/mol. The van der Waals surface area contributed by atoms with Crippen molar-refractivity contribution in [1.29, 1.82) is 0 Å². The molecular formula is C24H19ClN2O5. The molecule has 32 heavy (non-hydrogen) atoms. The molecule has 0 aliphatic carbocycles. The smallest absolute Gasteiger partial charge is 0.337 e. The monoisotopic (exact) mass is 450 g/mol. The summed E-state index contributed by atoms with van der Waals surface area (Å²) in [6.07, 6.45) is 1.52. The van der Waals surface area contributed by atoms with Gasteiger partial charge in [0.1, 0.15) is 5.58 Å². The summed E-state index contributed by atoms with van der Waals surface area (Å²) < 4.78 is 11.1. The maximum atomic E-state index is 13.2. The van der Waals surface area contributed by atoms with Gasteiger partial charge < -0.3 is 19.6 Å². The number of carbonyl (C=O) groups excluding carboxylic acids is 1. The summed E-state index contributed by atoms with van der Waals surface area (Å²) in [5.41, 5.74) is 0.0789. The first-order chi connectivity index (χ1) is 15.3. The van der Waals surface area contributed by atoms with E-state index in [9.17, 15) is 14.7 Å². The van der Waals surface area contributed by atoms with Crippen LogP contribution in [0.1, 0.15) is 28.4 Å². The minimum atomic E-state index is -1.45. The van der Waals surface area contributed by atoms with E-state index in [2.05, 4.69) is 10.3 Å². The first-order valence-electron chi connectivity index (χ1n) is 9.67. The van der Waals surface area contributed by atoms with Crippen LogP contribution in [0, 0.1) is 0 Å². The highest BCUT2D eigenvalue weighted by Crippen LogP contribution is 2.38. The fraction of sp³-hybridized carbons (Fsp3) is 0.125. The average Bonchev–Trinajstić information content (AvgIpc) is 3.19. The number of nitrogens with zero attached hydrogens (tertiary/aromatic N) is 1. The Hall–Kier alpha value is -3.84. The summed E-state index contributed by atoms with van der Waals surface area (Å²) in [6, 6.07) is 17.0. The number of ketones is 1. The standard InChI is InChI=1S/C24H19ClN2O5/c1-14(28)24(17-8-10-21(31-2)26-13-17,16-7-9-18(23(29)30)19(25)12-16)27-22-11-15-5-3-4-6-20(15)32-22/h3-13,27H,1-2H3,(H,29,30). The Morgan fingerprint density at radius 2 is 1.84 bits per heavy atom. The van der Waals surface area contributed by atoms with Crippen LogP contribution in [-0.2, 0) is 10.3 Å². The van der Waals surface area contributed by atoms with E-state index in [1.165, 1.54) is 32.4 Å². The molecule has 2 N–H and O–H groups in total. The van der Waals surface area contributed by atoms with Gasteiger partial charge in [0.15, 0.2) is 17.2 Å². The Labute approximate surface area is 188 Å². The second kappa shape index (κ2) is 8.36. The molecule has 7 nitrogen and oxygen atoms in total. The van der Waals surface area contributed by atoms with E-state index in [-0.39, 0.29) is 16.4 Å². The molecule has 1 atom stereocenters. The molecule has 0 amide bonds. The molecule has 8 heteroatoms. The zero-order chi connectivity index (χ0) is 22.9. The van der Waals surface area contributed by atoms with E-state index in [0.717, 1.165) is 5.39 Å². The quantitative estimate of drug-likeness (QED) is 0.402. The zero-order valence-corrected chi connectivity index (χ0v) is 18.0. The normalized spacial score (nSPS) is 12.8. The number of halogens is 1. The molecule has 2 aromatic heterocycles. The van der Waals surface area contributed by atoms with Gasteiger partial charge in [-0.05, 0) is 36.8 Å². The topological polar surface area (TPSA) is 102 Å². The van der Waals surface area contributed by atoms with Gasteiger partial charge in [-0.25, -0.2) is 9.78 Å². The third kappa shape index (κ3) is 3.67. The summed E-state index contributed by atoms with van der Waals surface area (Å²) in [7, 11) is 1.50. The molecule has 1 unspecified atom stereocenters. The third-order valence-corrected chi connectivity index (χ3v) is 5.59. The number of fused-ring (bicyclic) bond motifs is 1. The van der Waals surface area contributed by atoms with Crippen LogP contribution in [0.25, 0.3) is 11.0 Å². The number of aromatic carboxylic acids is 1. The van der Waals surface area contributed by atoms with Gasteiger partial charge in [-0.15, -0.1) is 0 Å². The van der Waals surface area contributed by atoms with Crippen LogP contribution in [0.3, 0.4) is 0 Å². The highest BCUT2D eigenvalue weighted by atomic mass is 35.5. The Kier molecular flexibility index (Phi) is 5.59. The van der Waals surface area contributed by atoms with Crippen LogP contribution in [0.4, 0.5) is 5.88 Å². The van der Waals surface area contributed by atoms with Gasteiger partial charge in [-0.1, -0.05) is 35.9 Å². The molecule has 0 saturated heterocycles. The lowest BCUT2D eigenvalue weighted by atomic mass is 9.80. The number of benzene rings is 2. The average molecular weight is 451 g/mol. The number of ether oxygens (including phenoxy) is 1. The molecule has 0 bridgehead atoms. The number of nitrogens with one attached hydrogen (secondary N) is 1. The number of pyridine rings is 1. The van der Waals surface area contributed by atoms with Crippen molar-refractivity contribution in [1.82, 2.24) is 4.98 Å². The van der Waals surface area contributed by atoms with Crippen molar-refractivity contribution in [2.45, 2.75) is 12.5 Å². The fourth-order valence-corrected chi connectivity index (χ4v) is 3.94. The van der Waals surface area contributed by atoms with E-state index in [4.69, 9.17) is 20.8 Å². The minimum Gasteiger partial charge on any atom is -0.481 e. The zero-order valence-electron chi connectivity index (χ0n) is 17.3. The number of hydrogen-bond acceptors (Lipinski definition) is 6. The largest absolute Gasteiger partial charge is 0.481 e. The minimum absolute atomic E-state index is 0.00787. The number of anilines is 1. The molecule has 0 aliphatic rings. The summed E-state index contributed by atoms with van der Waals surface area (Å²) in [6.45, 7) is 1.43. The molecule has 0 spiro atoms. The van der Waals surface area contributed by atoms with E-state index in [1.54, 1.807) is 24.3 Å². The number of rotatable bonds is 7.